The molecule has 1 saturated carbocycles. The lowest BCUT2D eigenvalue weighted by atomic mass is 10.1. The molecule has 16 heavy (non-hydrogen) atoms. The molecular formula is C12H21NO3. The van der Waals surface area contributed by atoms with E-state index in [1.807, 2.05) is 0 Å². The summed E-state index contributed by atoms with van der Waals surface area (Å²) < 4.78 is 0. The molecule has 1 aliphatic rings. The van der Waals surface area contributed by atoms with Gasteiger partial charge in [0.1, 0.15) is 0 Å². The standard InChI is InChI=1S/C12H21NO3/c1-12(2)7-9(12)8-13-10(14)5-3-4-6-11(15)16/h9H,3-8H2,1-2H3,(H,13,14)(H,15,16). The molecule has 4 nitrogen and oxygen atoms in total. The minimum atomic E-state index is -0.792. The second kappa shape index (κ2) is 5.32. The number of carboxylic acids is 1. The molecule has 0 aromatic heterocycles. The topological polar surface area (TPSA) is 66.4 Å². The molecule has 1 aliphatic carbocycles. The molecular weight excluding hydrogens is 206 g/mol. The van der Waals surface area contributed by atoms with Gasteiger partial charge in [0.15, 0.2) is 0 Å². The number of unbranched alkanes of at least 4 members (excludes halogenated alkanes) is 1. The van der Waals surface area contributed by atoms with Crippen LogP contribution in [0, 0.1) is 11.3 Å². The largest absolute Gasteiger partial charge is 0.481 e. The van der Waals surface area contributed by atoms with E-state index in [0.29, 0.717) is 30.6 Å². The zero-order chi connectivity index (χ0) is 12.2. The molecule has 2 N–H and O–H groups in total. The van der Waals surface area contributed by atoms with Gasteiger partial charge in [0, 0.05) is 19.4 Å². The Morgan fingerprint density at radius 3 is 2.38 bits per heavy atom. The number of amides is 1. The number of hydrogen-bond acceptors (Lipinski definition) is 2. The highest BCUT2D eigenvalue weighted by Gasteiger charge is 2.45. The highest BCUT2D eigenvalue weighted by Crippen LogP contribution is 2.50. The SMILES string of the molecule is CC1(C)CC1CNC(=O)CCCCC(=O)O. The third kappa shape index (κ3) is 4.64. The molecule has 0 aliphatic heterocycles. The molecule has 1 unspecified atom stereocenters. The van der Waals surface area contributed by atoms with Crippen molar-refractivity contribution < 1.29 is 14.7 Å². The monoisotopic (exact) mass is 227 g/mol. The van der Waals surface area contributed by atoms with Crippen molar-refractivity contribution in [3.63, 3.8) is 0 Å². The lowest BCUT2D eigenvalue weighted by molar-refractivity contribution is -0.137. The summed E-state index contributed by atoms with van der Waals surface area (Å²) in [6.45, 7) is 5.18. The number of aliphatic carboxylic acids is 1. The van der Waals surface area contributed by atoms with Gasteiger partial charge in [0.2, 0.25) is 5.91 Å². The molecule has 1 fully saturated rings. The summed E-state index contributed by atoms with van der Waals surface area (Å²) in [5, 5.41) is 11.3. The summed E-state index contributed by atoms with van der Waals surface area (Å²) in [5.74, 6) is -0.122. The molecule has 0 aromatic carbocycles. The maximum atomic E-state index is 11.4. The van der Waals surface area contributed by atoms with Crippen LogP contribution in [0.25, 0.3) is 0 Å². The number of nitrogens with one attached hydrogen (secondary N) is 1. The van der Waals surface area contributed by atoms with Gasteiger partial charge in [0.05, 0.1) is 0 Å². The van der Waals surface area contributed by atoms with Crippen molar-refractivity contribution in [1.29, 1.82) is 0 Å². The molecule has 4 heteroatoms. The molecule has 0 aromatic rings. The Labute approximate surface area is 96.4 Å². The average Bonchev–Trinajstić information content (AvgIpc) is 2.78. The lowest BCUT2D eigenvalue weighted by Crippen LogP contribution is -2.26. The molecule has 1 rings (SSSR count). The van der Waals surface area contributed by atoms with Gasteiger partial charge in [-0.3, -0.25) is 9.59 Å². The van der Waals surface area contributed by atoms with Gasteiger partial charge in [-0.1, -0.05) is 13.8 Å². The van der Waals surface area contributed by atoms with Crippen LogP contribution in [-0.2, 0) is 9.59 Å². The third-order valence-electron chi connectivity index (χ3n) is 3.31. The van der Waals surface area contributed by atoms with E-state index in [-0.39, 0.29) is 12.3 Å². The maximum Gasteiger partial charge on any atom is 0.303 e. The summed E-state index contributed by atoms with van der Waals surface area (Å²) in [4.78, 5) is 21.6. The number of hydrogen-bond donors (Lipinski definition) is 2. The molecule has 0 saturated heterocycles. The molecule has 0 heterocycles. The fourth-order valence-electron chi connectivity index (χ4n) is 1.81. The van der Waals surface area contributed by atoms with Gasteiger partial charge in [-0.25, -0.2) is 0 Å². The van der Waals surface area contributed by atoms with Gasteiger partial charge in [0.25, 0.3) is 0 Å². The van der Waals surface area contributed by atoms with Crippen LogP contribution in [0.2, 0.25) is 0 Å². The first-order valence-electron chi connectivity index (χ1n) is 5.90. The first kappa shape index (κ1) is 13.0. The highest BCUT2D eigenvalue weighted by molar-refractivity contribution is 5.76. The van der Waals surface area contributed by atoms with Crippen molar-refractivity contribution >= 4 is 11.9 Å². The third-order valence-corrected chi connectivity index (χ3v) is 3.31. The van der Waals surface area contributed by atoms with E-state index in [4.69, 9.17) is 5.11 Å². The minimum Gasteiger partial charge on any atom is -0.481 e. The average molecular weight is 227 g/mol. The van der Waals surface area contributed by atoms with E-state index < -0.39 is 5.97 Å². The Morgan fingerprint density at radius 2 is 1.88 bits per heavy atom. The molecule has 0 bridgehead atoms. The van der Waals surface area contributed by atoms with Gasteiger partial charge in [-0.2, -0.15) is 0 Å². The van der Waals surface area contributed by atoms with E-state index >= 15 is 0 Å². The summed E-state index contributed by atoms with van der Waals surface area (Å²) in [5.41, 5.74) is 0.399. The normalized spacial score (nSPS) is 21.5. The van der Waals surface area contributed by atoms with Crippen molar-refractivity contribution in [1.82, 2.24) is 5.32 Å². The summed E-state index contributed by atoms with van der Waals surface area (Å²) in [7, 11) is 0. The zero-order valence-electron chi connectivity index (χ0n) is 10.1. The van der Waals surface area contributed by atoms with Crippen LogP contribution >= 0.6 is 0 Å². The number of carbonyl (C=O) groups is 2. The summed E-state index contributed by atoms with van der Waals surface area (Å²) >= 11 is 0. The van der Waals surface area contributed by atoms with Gasteiger partial charge in [-0.05, 0) is 30.6 Å². The van der Waals surface area contributed by atoms with Crippen molar-refractivity contribution in [3.05, 3.63) is 0 Å². The van der Waals surface area contributed by atoms with Crippen molar-refractivity contribution in [3.8, 4) is 0 Å². The summed E-state index contributed by atoms with van der Waals surface area (Å²) in [6.07, 6.45) is 3.03. The quantitative estimate of drug-likeness (QED) is 0.652. The number of rotatable bonds is 7. The van der Waals surface area contributed by atoms with Crippen LogP contribution < -0.4 is 5.32 Å². The van der Waals surface area contributed by atoms with Crippen LogP contribution in [-0.4, -0.2) is 23.5 Å². The minimum absolute atomic E-state index is 0.0492. The van der Waals surface area contributed by atoms with Crippen LogP contribution in [0.15, 0.2) is 0 Å². The molecule has 1 amide bonds. The van der Waals surface area contributed by atoms with E-state index in [1.54, 1.807) is 0 Å². The molecule has 0 spiro atoms. The van der Waals surface area contributed by atoms with E-state index in [9.17, 15) is 9.59 Å². The smallest absolute Gasteiger partial charge is 0.303 e. The predicted octanol–water partition coefficient (Wildman–Crippen LogP) is 1.79. The summed E-state index contributed by atoms with van der Waals surface area (Å²) in [6, 6.07) is 0. The zero-order valence-corrected chi connectivity index (χ0v) is 10.1. The highest BCUT2D eigenvalue weighted by atomic mass is 16.4. The van der Waals surface area contributed by atoms with E-state index in [2.05, 4.69) is 19.2 Å². The van der Waals surface area contributed by atoms with Crippen LogP contribution in [0.5, 0.6) is 0 Å². The molecule has 1 atom stereocenters. The Morgan fingerprint density at radius 1 is 1.31 bits per heavy atom. The Bertz CT molecular complexity index is 273. The van der Waals surface area contributed by atoms with Crippen LogP contribution in [0.1, 0.15) is 46.0 Å². The fourth-order valence-corrected chi connectivity index (χ4v) is 1.81. The maximum absolute atomic E-state index is 11.4. The van der Waals surface area contributed by atoms with Crippen molar-refractivity contribution in [2.75, 3.05) is 6.54 Å². The first-order valence-corrected chi connectivity index (χ1v) is 5.90. The van der Waals surface area contributed by atoms with Gasteiger partial charge >= 0.3 is 5.97 Å². The van der Waals surface area contributed by atoms with E-state index in [0.717, 1.165) is 6.54 Å². The second-order valence-electron chi connectivity index (χ2n) is 5.29. The van der Waals surface area contributed by atoms with Gasteiger partial charge < -0.3 is 10.4 Å². The Kier molecular flexibility index (Phi) is 4.33. The lowest BCUT2D eigenvalue weighted by Gasteiger charge is -2.06. The van der Waals surface area contributed by atoms with Crippen LogP contribution in [0.4, 0.5) is 0 Å². The van der Waals surface area contributed by atoms with Crippen LogP contribution in [0.3, 0.4) is 0 Å². The van der Waals surface area contributed by atoms with Crippen molar-refractivity contribution in [2.24, 2.45) is 11.3 Å². The van der Waals surface area contributed by atoms with Crippen molar-refractivity contribution in [2.45, 2.75) is 46.0 Å². The number of carbonyl (C=O) groups excluding carboxylic acids is 1. The molecule has 92 valence electrons. The van der Waals surface area contributed by atoms with E-state index in [1.165, 1.54) is 6.42 Å². The Hall–Kier alpha value is -1.06. The second-order valence-corrected chi connectivity index (χ2v) is 5.29. The Balaban J connectivity index is 1.97. The molecule has 0 radical (unpaired) electrons. The predicted molar refractivity (Wildman–Crippen MR) is 61.0 cm³/mol. The van der Waals surface area contributed by atoms with Gasteiger partial charge in [-0.15, -0.1) is 0 Å². The fraction of sp³-hybridized carbons (Fsp3) is 0.833. The first-order chi connectivity index (χ1) is 7.42. The number of carboxylic acid groups (broad SMARTS) is 1.